The molecule has 2 heterocycles. The summed E-state index contributed by atoms with van der Waals surface area (Å²) in [5, 5.41) is 5.77. The summed E-state index contributed by atoms with van der Waals surface area (Å²) in [6, 6.07) is 17.0. The molecular formula is C24H21N3O3S. The van der Waals surface area contributed by atoms with Crippen LogP contribution in [0.15, 0.2) is 75.8 Å². The van der Waals surface area contributed by atoms with Crippen molar-refractivity contribution in [3.05, 3.63) is 78.3 Å². The molecule has 0 radical (unpaired) electrons. The van der Waals surface area contributed by atoms with E-state index in [9.17, 15) is 4.79 Å². The van der Waals surface area contributed by atoms with Crippen molar-refractivity contribution in [2.45, 2.75) is 19.8 Å². The van der Waals surface area contributed by atoms with Gasteiger partial charge in [-0.15, -0.1) is 0 Å². The maximum atomic E-state index is 11.9. The molecule has 156 valence electrons. The zero-order valence-corrected chi connectivity index (χ0v) is 17.9. The first kappa shape index (κ1) is 20.6. The Morgan fingerprint density at radius 1 is 1.13 bits per heavy atom. The van der Waals surface area contributed by atoms with Crippen molar-refractivity contribution in [2.75, 3.05) is 5.32 Å². The minimum Gasteiger partial charge on any atom is -0.465 e. The van der Waals surface area contributed by atoms with Gasteiger partial charge in [-0.1, -0.05) is 19.9 Å². The average Bonchev–Trinajstić information content (AvgIpc) is 3.41. The molecule has 4 rings (SSSR count). The molecule has 0 atom stereocenters. The monoisotopic (exact) mass is 431 g/mol. The summed E-state index contributed by atoms with van der Waals surface area (Å²) >= 11 is 5.20. The van der Waals surface area contributed by atoms with Gasteiger partial charge in [0.05, 0.1) is 6.26 Å². The first-order chi connectivity index (χ1) is 15.0. The van der Waals surface area contributed by atoms with Crippen molar-refractivity contribution in [3.63, 3.8) is 0 Å². The second kappa shape index (κ2) is 8.97. The van der Waals surface area contributed by atoms with Crippen molar-refractivity contribution in [3.8, 4) is 11.5 Å². The molecule has 31 heavy (non-hydrogen) atoms. The van der Waals surface area contributed by atoms with Crippen molar-refractivity contribution < 1.29 is 13.6 Å². The van der Waals surface area contributed by atoms with Crippen LogP contribution in [0, 0.1) is 0 Å². The number of carbonyl (C=O) groups excluding carboxylic acids is 1. The standard InChI is InChI=1S/C24H21N3O3S/c1-15(2)17-7-11-21-20(14-17)26-23(30-21)16-5-8-18(9-6-16)25-24(31)27-22(28)12-10-19-4-3-13-29-19/h3-15H,1-2H3,(H2,25,27,28,31). The third-order valence-electron chi connectivity index (χ3n) is 4.65. The van der Waals surface area contributed by atoms with E-state index in [0.717, 1.165) is 22.4 Å². The first-order valence-electron chi connectivity index (χ1n) is 9.82. The summed E-state index contributed by atoms with van der Waals surface area (Å²) in [6.45, 7) is 4.30. The molecule has 2 aromatic heterocycles. The van der Waals surface area contributed by atoms with Gasteiger partial charge in [-0.2, -0.15) is 0 Å². The molecule has 0 aliphatic carbocycles. The summed E-state index contributed by atoms with van der Waals surface area (Å²) in [6.07, 6.45) is 4.46. The first-order valence-corrected chi connectivity index (χ1v) is 10.2. The number of hydrogen-bond acceptors (Lipinski definition) is 5. The van der Waals surface area contributed by atoms with Crippen LogP contribution in [0.25, 0.3) is 28.6 Å². The zero-order valence-electron chi connectivity index (χ0n) is 17.1. The van der Waals surface area contributed by atoms with E-state index in [2.05, 4.69) is 41.6 Å². The Morgan fingerprint density at radius 3 is 2.65 bits per heavy atom. The summed E-state index contributed by atoms with van der Waals surface area (Å²) in [5.41, 5.74) is 4.41. The van der Waals surface area contributed by atoms with Gasteiger partial charge >= 0.3 is 0 Å². The van der Waals surface area contributed by atoms with E-state index in [4.69, 9.17) is 21.1 Å². The maximum absolute atomic E-state index is 11.9. The third kappa shape index (κ3) is 5.07. The fraction of sp³-hybridized carbons (Fsp3) is 0.125. The lowest BCUT2D eigenvalue weighted by Gasteiger charge is -2.08. The van der Waals surface area contributed by atoms with E-state index in [0.29, 0.717) is 17.6 Å². The number of anilines is 1. The molecule has 1 amide bonds. The van der Waals surface area contributed by atoms with Crippen LogP contribution in [-0.4, -0.2) is 16.0 Å². The SMILES string of the molecule is CC(C)c1ccc2oc(-c3ccc(NC(=S)NC(=O)C=Cc4ccco4)cc3)nc2c1. The highest BCUT2D eigenvalue weighted by Crippen LogP contribution is 2.27. The van der Waals surface area contributed by atoms with Crippen LogP contribution in [0.3, 0.4) is 0 Å². The lowest BCUT2D eigenvalue weighted by Crippen LogP contribution is -2.32. The Bertz CT molecular complexity index is 1240. The number of furan rings is 1. The van der Waals surface area contributed by atoms with Crippen LogP contribution in [0.2, 0.25) is 0 Å². The zero-order chi connectivity index (χ0) is 21.8. The number of nitrogens with one attached hydrogen (secondary N) is 2. The van der Waals surface area contributed by atoms with Gasteiger partial charge in [-0.3, -0.25) is 10.1 Å². The molecule has 0 aliphatic rings. The average molecular weight is 432 g/mol. The van der Waals surface area contributed by atoms with E-state index in [1.54, 1.807) is 18.2 Å². The lowest BCUT2D eigenvalue weighted by atomic mass is 10.0. The van der Waals surface area contributed by atoms with Crippen molar-refractivity contribution in [1.82, 2.24) is 10.3 Å². The van der Waals surface area contributed by atoms with Gasteiger partial charge in [0.15, 0.2) is 10.7 Å². The highest BCUT2D eigenvalue weighted by atomic mass is 32.1. The van der Waals surface area contributed by atoms with Gasteiger partial charge in [0.2, 0.25) is 11.8 Å². The number of thiocarbonyl (C=S) groups is 1. The molecule has 7 heteroatoms. The smallest absolute Gasteiger partial charge is 0.250 e. The number of oxazole rings is 1. The summed E-state index contributed by atoms with van der Waals surface area (Å²) in [7, 11) is 0. The van der Waals surface area contributed by atoms with Gasteiger partial charge in [0.1, 0.15) is 11.3 Å². The third-order valence-corrected chi connectivity index (χ3v) is 4.85. The van der Waals surface area contributed by atoms with Crippen LogP contribution in [0.4, 0.5) is 5.69 Å². The molecule has 6 nitrogen and oxygen atoms in total. The fourth-order valence-electron chi connectivity index (χ4n) is 2.98. The van der Waals surface area contributed by atoms with E-state index < -0.39 is 0 Å². The lowest BCUT2D eigenvalue weighted by molar-refractivity contribution is -0.115. The van der Waals surface area contributed by atoms with E-state index in [1.165, 1.54) is 17.9 Å². The van der Waals surface area contributed by atoms with E-state index in [1.807, 2.05) is 30.3 Å². The molecule has 4 aromatic rings. The molecule has 2 aromatic carbocycles. The molecule has 0 unspecified atom stereocenters. The highest BCUT2D eigenvalue weighted by Gasteiger charge is 2.10. The normalized spacial score (nSPS) is 11.3. The second-order valence-corrected chi connectivity index (χ2v) is 7.68. The van der Waals surface area contributed by atoms with Gasteiger partial charge in [0.25, 0.3) is 0 Å². The van der Waals surface area contributed by atoms with Crippen LogP contribution in [0.1, 0.15) is 31.1 Å². The molecule has 2 N–H and O–H groups in total. The van der Waals surface area contributed by atoms with Gasteiger partial charge in [-0.05, 0) is 78.3 Å². The van der Waals surface area contributed by atoms with Crippen molar-refractivity contribution >= 4 is 46.1 Å². The molecule has 0 bridgehead atoms. The number of benzene rings is 2. The Kier molecular flexibility index (Phi) is 5.95. The molecule has 0 aliphatic heterocycles. The Balaban J connectivity index is 1.39. The van der Waals surface area contributed by atoms with Crippen LogP contribution < -0.4 is 10.6 Å². The number of fused-ring (bicyclic) bond motifs is 1. The number of amides is 1. The number of nitrogens with zero attached hydrogens (tertiary/aromatic N) is 1. The second-order valence-electron chi connectivity index (χ2n) is 7.27. The minimum absolute atomic E-state index is 0.199. The molecular weight excluding hydrogens is 410 g/mol. The van der Waals surface area contributed by atoms with Crippen LogP contribution in [-0.2, 0) is 4.79 Å². The van der Waals surface area contributed by atoms with Crippen LogP contribution in [0.5, 0.6) is 0 Å². The Hall–Kier alpha value is -3.71. The number of hydrogen-bond donors (Lipinski definition) is 2. The molecule has 0 fully saturated rings. The summed E-state index contributed by atoms with van der Waals surface area (Å²) in [5.74, 6) is 1.23. The van der Waals surface area contributed by atoms with Gasteiger partial charge < -0.3 is 14.2 Å². The summed E-state index contributed by atoms with van der Waals surface area (Å²) < 4.78 is 11.0. The molecule has 0 saturated carbocycles. The number of aromatic nitrogens is 1. The predicted octanol–water partition coefficient (Wildman–Crippen LogP) is 5.74. The fourth-order valence-corrected chi connectivity index (χ4v) is 3.20. The quantitative estimate of drug-likeness (QED) is 0.310. The molecule has 0 saturated heterocycles. The topological polar surface area (TPSA) is 80.3 Å². The minimum atomic E-state index is -0.349. The van der Waals surface area contributed by atoms with E-state index in [-0.39, 0.29) is 11.0 Å². The highest BCUT2D eigenvalue weighted by molar-refractivity contribution is 7.80. The van der Waals surface area contributed by atoms with Crippen molar-refractivity contribution in [1.29, 1.82) is 0 Å². The molecule has 0 spiro atoms. The van der Waals surface area contributed by atoms with Gasteiger partial charge in [0, 0.05) is 17.3 Å². The number of rotatable bonds is 5. The van der Waals surface area contributed by atoms with Gasteiger partial charge in [-0.25, -0.2) is 4.98 Å². The Labute approximate surface area is 185 Å². The maximum Gasteiger partial charge on any atom is 0.250 e. The number of carbonyl (C=O) groups is 1. The van der Waals surface area contributed by atoms with Crippen LogP contribution >= 0.6 is 12.2 Å². The largest absolute Gasteiger partial charge is 0.465 e. The predicted molar refractivity (Wildman–Crippen MR) is 126 cm³/mol. The van der Waals surface area contributed by atoms with Crippen molar-refractivity contribution in [2.24, 2.45) is 0 Å². The Morgan fingerprint density at radius 2 is 1.94 bits per heavy atom. The summed E-state index contributed by atoms with van der Waals surface area (Å²) in [4.78, 5) is 16.6. The van der Waals surface area contributed by atoms with E-state index >= 15 is 0 Å².